The van der Waals surface area contributed by atoms with Gasteiger partial charge in [0.1, 0.15) is 16.5 Å². The molecule has 0 aliphatic rings. The fourth-order valence-electron chi connectivity index (χ4n) is 1.99. The third-order valence-corrected chi connectivity index (χ3v) is 3.66. The molecule has 0 fully saturated rings. The van der Waals surface area contributed by atoms with Crippen molar-refractivity contribution in [1.82, 2.24) is 0 Å². The normalized spacial score (nSPS) is 11.9. The van der Waals surface area contributed by atoms with Crippen molar-refractivity contribution in [2.24, 2.45) is 5.73 Å². The molecule has 1 unspecified atom stereocenters. The van der Waals surface area contributed by atoms with Crippen molar-refractivity contribution in [3.63, 3.8) is 0 Å². The maximum absolute atomic E-state index is 5.87. The number of para-hydroxylation sites is 1. The molecule has 0 aliphatic carbocycles. The molecule has 2 aromatic rings. The van der Waals surface area contributed by atoms with Gasteiger partial charge in [-0.1, -0.05) is 50.3 Å². The zero-order valence-corrected chi connectivity index (χ0v) is 12.6. The van der Waals surface area contributed by atoms with Crippen molar-refractivity contribution in [2.75, 3.05) is 0 Å². The minimum absolute atomic E-state index is 0.344. The van der Waals surface area contributed by atoms with Crippen molar-refractivity contribution in [3.8, 4) is 11.5 Å². The first-order valence-corrected chi connectivity index (χ1v) is 7.19. The third-order valence-electron chi connectivity index (χ3n) is 3.44. The molecule has 1 atom stereocenters. The molecule has 0 heterocycles. The lowest BCUT2D eigenvalue weighted by Crippen LogP contribution is -2.10. The van der Waals surface area contributed by atoms with Gasteiger partial charge in [0.25, 0.3) is 0 Å². The second-order valence-corrected chi connectivity index (χ2v) is 5.28. The molecule has 0 spiro atoms. The summed E-state index contributed by atoms with van der Waals surface area (Å²) < 4.78 is 5.87. The third kappa shape index (κ3) is 3.36. The summed E-state index contributed by atoms with van der Waals surface area (Å²) in [7, 11) is 0. The van der Waals surface area contributed by atoms with Crippen LogP contribution >= 0.6 is 12.2 Å². The van der Waals surface area contributed by atoms with E-state index >= 15 is 0 Å². The summed E-state index contributed by atoms with van der Waals surface area (Å²) >= 11 is 5.03. The summed E-state index contributed by atoms with van der Waals surface area (Å²) in [6.07, 6.45) is 1.13. The molecule has 0 bridgehead atoms. The zero-order valence-electron chi connectivity index (χ0n) is 11.8. The van der Waals surface area contributed by atoms with E-state index in [-0.39, 0.29) is 0 Å². The number of ether oxygens (including phenoxy) is 1. The standard InChI is InChI=1S/C17H19NOS/c1-3-12(2)13-8-10-14(11-9-13)19-16-7-5-4-6-15(16)17(18)20/h4-12H,3H2,1-2H3,(H2,18,20). The molecule has 2 N–H and O–H groups in total. The molecule has 2 rings (SSSR count). The van der Waals surface area contributed by atoms with Crippen molar-refractivity contribution in [1.29, 1.82) is 0 Å². The number of hydrogen-bond acceptors (Lipinski definition) is 2. The van der Waals surface area contributed by atoms with Gasteiger partial charge in [-0.25, -0.2) is 0 Å². The van der Waals surface area contributed by atoms with Crippen LogP contribution in [0.4, 0.5) is 0 Å². The molecule has 0 saturated carbocycles. The largest absolute Gasteiger partial charge is 0.457 e. The van der Waals surface area contributed by atoms with Crippen molar-refractivity contribution in [3.05, 3.63) is 59.7 Å². The summed E-state index contributed by atoms with van der Waals surface area (Å²) in [5, 5.41) is 0. The Morgan fingerprint density at radius 2 is 1.80 bits per heavy atom. The van der Waals surface area contributed by atoms with Gasteiger partial charge in [0.2, 0.25) is 0 Å². The first kappa shape index (κ1) is 14.5. The second kappa shape index (κ2) is 6.53. The molecule has 0 radical (unpaired) electrons. The molecule has 20 heavy (non-hydrogen) atoms. The fourth-order valence-corrected chi connectivity index (χ4v) is 2.15. The molecule has 2 aromatic carbocycles. The molecule has 3 heteroatoms. The lowest BCUT2D eigenvalue weighted by molar-refractivity contribution is 0.481. The van der Waals surface area contributed by atoms with Crippen molar-refractivity contribution in [2.45, 2.75) is 26.2 Å². The quantitative estimate of drug-likeness (QED) is 0.814. The Morgan fingerprint density at radius 3 is 2.40 bits per heavy atom. The van der Waals surface area contributed by atoms with Gasteiger partial charge in [-0.3, -0.25) is 0 Å². The zero-order chi connectivity index (χ0) is 14.5. The predicted octanol–water partition coefficient (Wildman–Crippen LogP) is 4.63. The minimum atomic E-state index is 0.344. The number of rotatable bonds is 5. The maximum Gasteiger partial charge on any atom is 0.137 e. The van der Waals surface area contributed by atoms with Crippen LogP contribution in [0, 0.1) is 0 Å². The van der Waals surface area contributed by atoms with Gasteiger partial charge in [-0.2, -0.15) is 0 Å². The van der Waals surface area contributed by atoms with Gasteiger partial charge in [0, 0.05) is 0 Å². The number of hydrogen-bond donors (Lipinski definition) is 1. The first-order chi connectivity index (χ1) is 9.61. The number of nitrogens with two attached hydrogens (primary N) is 1. The first-order valence-electron chi connectivity index (χ1n) is 6.78. The molecule has 0 amide bonds. The minimum Gasteiger partial charge on any atom is -0.457 e. The van der Waals surface area contributed by atoms with Crippen LogP contribution in [0.5, 0.6) is 11.5 Å². The smallest absolute Gasteiger partial charge is 0.137 e. The summed E-state index contributed by atoms with van der Waals surface area (Å²) in [4.78, 5) is 0.344. The Labute approximate surface area is 125 Å². The molecular formula is C17H19NOS. The summed E-state index contributed by atoms with van der Waals surface area (Å²) in [6.45, 7) is 4.41. The molecule has 104 valence electrons. The summed E-state index contributed by atoms with van der Waals surface area (Å²) in [5.41, 5.74) is 7.78. The Balaban J connectivity index is 2.20. The SMILES string of the molecule is CCC(C)c1ccc(Oc2ccccc2C(N)=S)cc1. The van der Waals surface area contributed by atoms with Crippen LogP contribution < -0.4 is 10.5 Å². The highest BCUT2D eigenvalue weighted by Crippen LogP contribution is 2.27. The predicted molar refractivity (Wildman–Crippen MR) is 87.6 cm³/mol. The molecule has 2 nitrogen and oxygen atoms in total. The summed E-state index contributed by atoms with van der Waals surface area (Å²) in [5.74, 6) is 2.05. The lowest BCUT2D eigenvalue weighted by Gasteiger charge is -2.12. The molecule has 0 saturated heterocycles. The van der Waals surface area contributed by atoms with Crippen LogP contribution in [0.1, 0.15) is 37.3 Å². The molecule has 0 aliphatic heterocycles. The Bertz CT molecular complexity index is 592. The van der Waals surface area contributed by atoms with Crippen molar-refractivity contribution < 1.29 is 4.74 Å². The Hall–Kier alpha value is -1.87. The van der Waals surface area contributed by atoms with Gasteiger partial charge in [0.15, 0.2) is 0 Å². The summed E-state index contributed by atoms with van der Waals surface area (Å²) in [6, 6.07) is 15.7. The Morgan fingerprint density at radius 1 is 1.15 bits per heavy atom. The highest BCUT2D eigenvalue weighted by Gasteiger charge is 2.07. The highest BCUT2D eigenvalue weighted by molar-refractivity contribution is 7.80. The van der Waals surface area contributed by atoms with Crippen LogP contribution in [0.15, 0.2) is 48.5 Å². The number of thiocarbonyl (C=S) groups is 1. The van der Waals surface area contributed by atoms with Gasteiger partial charge < -0.3 is 10.5 Å². The van der Waals surface area contributed by atoms with Crippen LogP contribution in [0.3, 0.4) is 0 Å². The monoisotopic (exact) mass is 285 g/mol. The molecule has 0 aromatic heterocycles. The van der Waals surface area contributed by atoms with Crippen LogP contribution in [-0.2, 0) is 0 Å². The van der Waals surface area contributed by atoms with E-state index in [4.69, 9.17) is 22.7 Å². The van der Waals surface area contributed by atoms with E-state index in [1.165, 1.54) is 5.56 Å². The van der Waals surface area contributed by atoms with E-state index in [1.54, 1.807) is 0 Å². The van der Waals surface area contributed by atoms with Gasteiger partial charge in [0.05, 0.1) is 5.56 Å². The van der Waals surface area contributed by atoms with E-state index in [2.05, 4.69) is 26.0 Å². The van der Waals surface area contributed by atoms with Crippen LogP contribution in [0.2, 0.25) is 0 Å². The average molecular weight is 285 g/mol. The van der Waals surface area contributed by atoms with Crippen molar-refractivity contribution >= 4 is 17.2 Å². The van der Waals surface area contributed by atoms with Crippen LogP contribution in [0.25, 0.3) is 0 Å². The van der Waals surface area contributed by atoms with Crippen LogP contribution in [-0.4, -0.2) is 4.99 Å². The topological polar surface area (TPSA) is 35.2 Å². The highest BCUT2D eigenvalue weighted by atomic mass is 32.1. The molecular weight excluding hydrogens is 266 g/mol. The van der Waals surface area contributed by atoms with Gasteiger partial charge in [-0.05, 0) is 42.2 Å². The number of benzene rings is 2. The maximum atomic E-state index is 5.87. The van der Waals surface area contributed by atoms with Gasteiger partial charge in [-0.15, -0.1) is 0 Å². The second-order valence-electron chi connectivity index (χ2n) is 4.84. The van der Waals surface area contributed by atoms with Gasteiger partial charge >= 0.3 is 0 Å². The van der Waals surface area contributed by atoms with E-state index in [0.717, 1.165) is 17.7 Å². The average Bonchev–Trinajstić information content (AvgIpc) is 2.47. The van der Waals surface area contributed by atoms with E-state index in [1.807, 2.05) is 36.4 Å². The van der Waals surface area contributed by atoms with E-state index in [0.29, 0.717) is 16.7 Å². The van der Waals surface area contributed by atoms with E-state index in [9.17, 15) is 0 Å². The fraction of sp³-hybridized carbons (Fsp3) is 0.235. The van der Waals surface area contributed by atoms with E-state index < -0.39 is 0 Å². The Kier molecular flexibility index (Phi) is 4.74. The lowest BCUT2D eigenvalue weighted by atomic mass is 9.99.